The molecule has 0 aromatic heterocycles. The Kier molecular flexibility index (Phi) is 5.56. The van der Waals surface area contributed by atoms with Crippen LogP contribution in [0.2, 0.25) is 0 Å². The number of aldehydes is 1. The van der Waals surface area contributed by atoms with Crippen molar-refractivity contribution in [2.24, 2.45) is 0 Å². The van der Waals surface area contributed by atoms with Gasteiger partial charge < -0.3 is 4.74 Å². The van der Waals surface area contributed by atoms with Gasteiger partial charge in [0.25, 0.3) is 0 Å². The predicted octanol–water partition coefficient (Wildman–Crippen LogP) is 4.63. The monoisotopic (exact) mass is 282 g/mol. The third-order valence-corrected chi connectivity index (χ3v) is 3.54. The van der Waals surface area contributed by atoms with Crippen LogP contribution in [-0.2, 0) is 6.42 Å². The minimum absolute atomic E-state index is 0.549. The van der Waals surface area contributed by atoms with Crippen molar-refractivity contribution < 1.29 is 9.53 Å². The fourth-order valence-corrected chi connectivity index (χ4v) is 2.18. The average Bonchev–Trinajstić information content (AvgIpc) is 2.52. The van der Waals surface area contributed by atoms with Crippen LogP contribution in [0.4, 0.5) is 0 Å². The first kappa shape index (κ1) is 15.3. The van der Waals surface area contributed by atoms with E-state index >= 15 is 0 Å². The Morgan fingerprint density at radius 2 is 1.67 bits per heavy atom. The Hall–Kier alpha value is -2.09. The summed E-state index contributed by atoms with van der Waals surface area (Å²) in [4.78, 5) is 10.6. The maximum atomic E-state index is 10.6. The van der Waals surface area contributed by atoms with E-state index in [0.717, 1.165) is 30.4 Å². The van der Waals surface area contributed by atoms with Crippen molar-refractivity contribution in [2.45, 2.75) is 32.6 Å². The molecule has 0 amide bonds. The molecule has 0 spiro atoms. The van der Waals surface area contributed by atoms with Crippen LogP contribution < -0.4 is 4.74 Å². The maximum Gasteiger partial charge on any atom is 0.150 e. The smallest absolute Gasteiger partial charge is 0.150 e. The van der Waals surface area contributed by atoms with Gasteiger partial charge in [0.05, 0.1) is 6.61 Å². The summed E-state index contributed by atoms with van der Waals surface area (Å²) < 4.78 is 5.75. The standard InChI is InChI=1S/C19H22O2/c1-15(2)18-9-11-19(12-10-18)21-13-3-4-16-5-7-17(14-20)8-6-16/h5-12,14-15H,3-4,13H2,1-2H3. The van der Waals surface area contributed by atoms with Gasteiger partial charge in [-0.1, -0.05) is 50.2 Å². The Bertz CT molecular complexity index is 553. The summed E-state index contributed by atoms with van der Waals surface area (Å²) in [6.45, 7) is 5.08. The van der Waals surface area contributed by atoms with Crippen LogP contribution in [0.1, 0.15) is 47.7 Å². The predicted molar refractivity (Wildman–Crippen MR) is 86.2 cm³/mol. The van der Waals surface area contributed by atoms with Crippen molar-refractivity contribution in [3.63, 3.8) is 0 Å². The van der Waals surface area contributed by atoms with E-state index in [0.29, 0.717) is 12.5 Å². The van der Waals surface area contributed by atoms with Gasteiger partial charge in [-0.15, -0.1) is 0 Å². The summed E-state index contributed by atoms with van der Waals surface area (Å²) in [5.41, 5.74) is 3.29. The number of benzene rings is 2. The lowest BCUT2D eigenvalue weighted by molar-refractivity contribution is 0.112. The van der Waals surface area contributed by atoms with E-state index in [4.69, 9.17) is 4.74 Å². The lowest BCUT2D eigenvalue weighted by Crippen LogP contribution is -1.99. The first-order chi connectivity index (χ1) is 10.2. The van der Waals surface area contributed by atoms with Gasteiger partial charge in [0.1, 0.15) is 12.0 Å². The summed E-state index contributed by atoms with van der Waals surface area (Å²) in [5, 5.41) is 0. The zero-order valence-corrected chi connectivity index (χ0v) is 12.7. The quantitative estimate of drug-likeness (QED) is 0.546. The third kappa shape index (κ3) is 4.75. The highest BCUT2D eigenvalue weighted by Crippen LogP contribution is 2.18. The molecule has 0 aliphatic heterocycles. The van der Waals surface area contributed by atoms with Crippen molar-refractivity contribution in [3.05, 3.63) is 65.2 Å². The van der Waals surface area contributed by atoms with Gasteiger partial charge in [0, 0.05) is 5.56 Å². The number of hydrogen-bond acceptors (Lipinski definition) is 2. The van der Waals surface area contributed by atoms with Crippen LogP contribution in [0.15, 0.2) is 48.5 Å². The summed E-state index contributed by atoms with van der Waals surface area (Å²) in [5.74, 6) is 1.48. The minimum atomic E-state index is 0.549. The molecular weight excluding hydrogens is 260 g/mol. The first-order valence-electron chi connectivity index (χ1n) is 7.46. The third-order valence-electron chi connectivity index (χ3n) is 3.54. The molecule has 2 aromatic carbocycles. The Morgan fingerprint density at radius 3 is 2.24 bits per heavy atom. The largest absolute Gasteiger partial charge is 0.494 e. The summed E-state index contributed by atoms with van der Waals surface area (Å²) in [6.07, 6.45) is 2.79. The number of hydrogen-bond donors (Lipinski definition) is 0. The van der Waals surface area contributed by atoms with Crippen molar-refractivity contribution in [1.82, 2.24) is 0 Å². The van der Waals surface area contributed by atoms with Gasteiger partial charge in [0.15, 0.2) is 0 Å². The highest BCUT2D eigenvalue weighted by Gasteiger charge is 2.00. The SMILES string of the molecule is CC(C)c1ccc(OCCCc2ccc(C=O)cc2)cc1. The molecule has 0 atom stereocenters. The second-order valence-corrected chi connectivity index (χ2v) is 5.54. The molecule has 2 heteroatoms. The van der Waals surface area contributed by atoms with Crippen LogP contribution in [0.3, 0.4) is 0 Å². The second-order valence-electron chi connectivity index (χ2n) is 5.54. The molecule has 0 radical (unpaired) electrons. The molecule has 0 aliphatic carbocycles. The molecular formula is C19H22O2. The molecule has 0 N–H and O–H groups in total. The summed E-state index contributed by atoms with van der Waals surface area (Å²) >= 11 is 0. The number of carbonyl (C=O) groups is 1. The molecule has 21 heavy (non-hydrogen) atoms. The molecule has 110 valence electrons. The van der Waals surface area contributed by atoms with Gasteiger partial charge in [-0.05, 0) is 42.0 Å². The number of carbonyl (C=O) groups excluding carboxylic acids is 1. The van der Waals surface area contributed by atoms with E-state index in [1.807, 2.05) is 36.4 Å². The van der Waals surface area contributed by atoms with Crippen molar-refractivity contribution in [3.8, 4) is 5.75 Å². The van der Waals surface area contributed by atoms with E-state index in [1.165, 1.54) is 11.1 Å². The first-order valence-corrected chi connectivity index (χ1v) is 7.46. The number of ether oxygens (including phenoxy) is 1. The molecule has 0 bridgehead atoms. The molecule has 0 saturated heterocycles. The van der Waals surface area contributed by atoms with Crippen LogP contribution in [0.5, 0.6) is 5.75 Å². The molecule has 2 aromatic rings. The van der Waals surface area contributed by atoms with E-state index in [2.05, 4.69) is 26.0 Å². The van der Waals surface area contributed by atoms with Gasteiger partial charge in [-0.25, -0.2) is 0 Å². The van der Waals surface area contributed by atoms with Crippen molar-refractivity contribution in [2.75, 3.05) is 6.61 Å². The molecule has 2 nitrogen and oxygen atoms in total. The van der Waals surface area contributed by atoms with Crippen LogP contribution >= 0.6 is 0 Å². The normalized spacial score (nSPS) is 10.6. The van der Waals surface area contributed by atoms with Crippen LogP contribution in [0.25, 0.3) is 0 Å². The van der Waals surface area contributed by atoms with E-state index < -0.39 is 0 Å². The van der Waals surface area contributed by atoms with Crippen LogP contribution in [0, 0.1) is 0 Å². The Morgan fingerprint density at radius 1 is 1.00 bits per heavy atom. The Labute approximate surface area is 126 Å². The lowest BCUT2D eigenvalue weighted by Gasteiger charge is -2.09. The van der Waals surface area contributed by atoms with Crippen molar-refractivity contribution in [1.29, 1.82) is 0 Å². The lowest BCUT2D eigenvalue weighted by atomic mass is 10.0. The summed E-state index contributed by atoms with van der Waals surface area (Å²) in [7, 11) is 0. The van der Waals surface area contributed by atoms with Gasteiger partial charge >= 0.3 is 0 Å². The van der Waals surface area contributed by atoms with Crippen molar-refractivity contribution >= 4 is 6.29 Å². The Balaban J connectivity index is 1.74. The van der Waals surface area contributed by atoms with E-state index in [9.17, 15) is 4.79 Å². The molecule has 0 unspecified atom stereocenters. The van der Waals surface area contributed by atoms with Gasteiger partial charge in [-0.2, -0.15) is 0 Å². The fraction of sp³-hybridized carbons (Fsp3) is 0.316. The highest BCUT2D eigenvalue weighted by molar-refractivity contribution is 5.74. The van der Waals surface area contributed by atoms with E-state index in [1.54, 1.807) is 0 Å². The zero-order chi connectivity index (χ0) is 15.1. The molecule has 0 aliphatic rings. The average molecular weight is 282 g/mol. The molecule has 2 rings (SSSR count). The van der Waals surface area contributed by atoms with Crippen LogP contribution in [-0.4, -0.2) is 12.9 Å². The van der Waals surface area contributed by atoms with E-state index in [-0.39, 0.29) is 0 Å². The maximum absolute atomic E-state index is 10.6. The van der Waals surface area contributed by atoms with Gasteiger partial charge in [0.2, 0.25) is 0 Å². The molecule has 0 fully saturated rings. The minimum Gasteiger partial charge on any atom is -0.494 e. The zero-order valence-electron chi connectivity index (χ0n) is 12.7. The molecule has 0 saturated carbocycles. The topological polar surface area (TPSA) is 26.3 Å². The number of rotatable bonds is 7. The fourth-order valence-electron chi connectivity index (χ4n) is 2.18. The van der Waals surface area contributed by atoms with Gasteiger partial charge in [-0.3, -0.25) is 4.79 Å². The summed E-state index contributed by atoms with van der Waals surface area (Å²) in [6, 6.07) is 16.0. The second kappa shape index (κ2) is 7.63. The molecule has 0 heterocycles. The number of aryl methyl sites for hydroxylation is 1. The highest BCUT2D eigenvalue weighted by atomic mass is 16.5.